The van der Waals surface area contributed by atoms with Crippen molar-refractivity contribution in [1.29, 1.82) is 0 Å². The molecule has 1 fully saturated rings. The van der Waals surface area contributed by atoms with Gasteiger partial charge in [-0.25, -0.2) is 17.1 Å². The number of anilines is 2. The Bertz CT molecular complexity index is 1600. The van der Waals surface area contributed by atoms with Crippen molar-refractivity contribution in [3.05, 3.63) is 89.8 Å². The van der Waals surface area contributed by atoms with Crippen LogP contribution in [0, 0.1) is 5.82 Å². The zero-order valence-electron chi connectivity index (χ0n) is 19.9. The Balaban J connectivity index is 1.80. The largest absolute Gasteiger partial charge is 0.455 e. The van der Waals surface area contributed by atoms with Gasteiger partial charge in [0.05, 0.1) is 23.2 Å². The fraction of sp³-hybridized carbons (Fsp3) is 0.179. The van der Waals surface area contributed by atoms with E-state index in [0.29, 0.717) is 39.2 Å². The Morgan fingerprint density at radius 1 is 1.14 bits per heavy atom. The number of nitrogens with zero attached hydrogens (tertiary/aromatic N) is 1. The maximum atomic E-state index is 13.6. The van der Waals surface area contributed by atoms with E-state index < -0.39 is 15.8 Å². The highest BCUT2D eigenvalue weighted by molar-refractivity contribution is 7.92. The van der Waals surface area contributed by atoms with Gasteiger partial charge < -0.3 is 9.73 Å². The molecule has 36 heavy (non-hydrogen) atoms. The van der Waals surface area contributed by atoms with E-state index in [1.807, 2.05) is 12.1 Å². The number of benzene rings is 3. The van der Waals surface area contributed by atoms with E-state index in [9.17, 15) is 17.6 Å². The Labute approximate surface area is 209 Å². The van der Waals surface area contributed by atoms with Gasteiger partial charge >= 0.3 is 0 Å². The first-order valence-corrected chi connectivity index (χ1v) is 13.4. The number of carbonyl (C=O) groups is 1. The minimum atomic E-state index is -3.74. The molecule has 0 aliphatic heterocycles. The molecule has 0 radical (unpaired) electrons. The summed E-state index contributed by atoms with van der Waals surface area (Å²) in [6, 6.07) is 16.4. The molecule has 6 nitrogen and oxygen atoms in total. The summed E-state index contributed by atoms with van der Waals surface area (Å²) < 4.78 is 47.3. The fourth-order valence-corrected chi connectivity index (χ4v) is 5.50. The minimum absolute atomic E-state index is 0.165. The second-order valence-electron chi connectivity index (χ2n) is 8.90. The molecule has 0 spiro atoms. The molecular weight excluding hydrogens is 479 g/mol. The van der Waals surface area contributed by atoms with Crippen molar-refractivity contribution in [2.24, 2.45) is 0 Å². The molecule has 1 saturated carbocycles. The molecule has 1 aliphatic rings. The van der Waals surface area contributed by atoms with Crippen LogP contribution in [0.5, 0.6) is 0 Å². The third kappa shape index (κ3) is 4.28. The zero-order chi connectivity index (χ0) is 25.6. The van der Waals surface area contributed by atoms with Gasteiger partial charge in [-0.2, -0.15) is 0 Å². The van der Waals surface area contributed by atoms with Gasteiger partial charge in [-0.15, -0.1) is 0 Å². The van der Waals surface area contributed by atoms with Gasteiger partial charge in [0, 0.05) is 24.1 Å². The van der Waals surface area contributed by atoms with Gasteiger partial charge in [0.15, 0.2) is 0 Å². The predicted molar refractivity (Wildman–Crippen MR) is 140 cm³/mol. The van der Waals surface area contributed by atoms with Crippen LogP contribution in [0.4, 0.5) is 15.8 Å². The van der Waals surface area contributed by atoms with Crippen molar-refractivity contribution in [3.8, 4) is 11.3 Å². The maximum absolute atomic E-state index is 13.6. The van der Waals surface area contributed by atoms with E-state index in [-0.39, 0.29) is 11.8 Å². The first kappa shape index (κ1) is 23.8. The van der Waals surface area contributed by atoms with Crippen molar-refractivity contribution in [2.45, 2.75) is 18.8 Å². The smallest absolute Gasteiger partial charge is 0.255 e. The summed E-state index contributed by atoms with van der Waals surface area (Å²) in [5.74, 6) is -0.290. The van der Waals surface area contributed by atoms with Gasteiger partial charge in [-0.05, 0) is 72.4 Å². The number of amides is 1. The van der Waals surface area contributed by atoms with Crippen molar-refractivity contribution < 1.29 is 22.0 Å². The van der Waals surface area contributed by atoms with E-state index in [2.05, 4.69) is 11.9 Å². The van der Waals surface area contributed by atoms with Gasteiger partial charge in [0.2, 0.25) is 10.0 Å². The molecule has 0 saturated heterocycles. The number of sulfonamides is 1. The molecule has 4 aromatic rings. The number of fused-ring (bicyclic) bond motifs is 1. The van der Waals surface area contributed by atoms with E-state index in [1.54, 1.807) is 42.5 Å². The van der Waals surface area contributed by atoms with E-state index >= 15 is 0 Å². The Kier molecular flexibility index (Phi) is 5.92. The molecule has 8 heteroatoms. The lowest BCUT2D eigenvalue weighted by Gasteiger charge is -2.25. The number of furan rings is 1. The topological polar surface area (TPSA) is 79.6 Å². The van der Waals surface area contributed by atoms with Crippen molar-refractivity contribution >= 4 is 44.4 Å². The van der Waals surface area contributed by atoms with Gasteiger partial charge in [-0.3, -0.25) is 4.79 Å². The summed E-state index contributed by atoms with van der Waals surface area (Å²) >= 11 is 0. The molecule has 5 rings (SSSR count). The fourth-order valence-electron chi connectivity index (χ4n) is 4.49. The van der Waals surface area contributed by atoms with Crippen molar-refractivity contribution in [2.75, 3.05) is 17.6 Å². The van der Waals surface area contributed by atoms with E-state index in [4.69, 9.17) is 4.42 Å². The number of rotatable bonds is 7. The molecule has 3 aromatic carbocycles. The lowest BCUT2D eigenvalue weighted by Crippen LogP contribution is -2.25. The van der Waals surface area contributed by atoms with Crippen LogP contribution in [0.1, 0.15) is 40.2 Å². The highest BCUT2D eigenvalue weighted by Crippen LogP contribution is 2.49. The van der Waals surface area contributed by atoms with Crippen LogP contribution in [0.15, 0.2) is 71.7 Å². The monoisotopic (exact) mass is 504 g/mol. The summed E-state index contributed by atoms with van der Waals surface area (Å²) in [6.45, 7) is 3.79. The highest BCUT2D eigenvalue weighted by atomic mass is 32.2. The molecular formula is C28H25FN2O4S. The second kappa shape index (κ2) is 8.95. The average molecular weight is 505 g/mol. The molecule has 1 N–H and O–H groups in total. The number of nitrogens with one attached hydrogen (secondary N) is 1. The summed E-state index contributed by atoms with van der Waals surface area (Å²) in [7, 11) is -2.21. The summed E-state index contributed by atoms with van der Waals surface area (Å²) in [4.78, 5) is 13.0. The van der Waals surface area contributed by atoms with Crippen molar-refractivity contribution in [1.82, 2.24) is 5.32 Å². The van der Waals surface area contributed by atoms with Crippen LogP contribution in [-0.2, 0) is 10.0 Å². The maximum Gasteiger partial charge on any atom is 0.255 e. The van der Waals surface area contributed by atoms with Crippen LogP contribution in [0.25, 0.3) is 28.4 Å². The van der Waals surface area contributed by atoms with Crippen molar-refractivity contribution in [3.63, 3.8) is 0 Å². The van der Waals surface area contributed by atoms with Crippen LogP contribution in [0.3, 0.4) is 0 Å². The van der Waals surface area contributed by atoms with Crippen LogP contribution >= 0.6 is 0 Å². The summed E-state index contributed by atoms with van der Waals surface area (Å²) in [5.41, 5.74) is 3.80. The highest BCUT2D eigenvalue weighted by Gasteiger charge is 2.33. The second-order valence-corrected chi connectivity index (χ2v) is 10.7. The molecule has 1 heterocycles. The Morgan fingerprint density at radius 3 is 2.47 bits per heavy atom. The molecule has 1 aromatic heterocycles. The molecule has 0 bridgehead atoms. The van der Waals surface area contributed by atoms with Gasteiger partial charge in [0.25, 0.3) is 5.91 Å². The summed E-state index contributed by atoms with van der Waals surface area (Å²) in [6.07, 6.45) is 4.66. The SMILES string of the molecule is C=Cc1cccc(N(c2cc3oc(-c4ccc(F)cc4)c(C(=O)NC)c3cc2C2CC2)S(C)(=O)=O)c1. The molecule has 1 amide bonds. The first-order chi connectivity index (χ1) is 17.2. The number of halogens is 1. The molecule has 184 valence electrons. The van der Waals surface area contributed by atoms with Gasteiger partial charge in [-0.1, -0.05) is 24.8 Å². The number of carbonyl (C=O) groups excluding carboxylic acids is 1. The standard InChI is InChI=1S/C28H25FN2O4S/c1-4-17-6-5-7-21(14-17)31(36(3,33)34)24-16-25-23(15-22(24)18-8-9-18)26(28(32)30-2)27(35-25)19-10-12-20(29)13-11-19/h4-7,10-16,18H,1,8-9H2,2-3H3,(H,30,32). The zero-order valence-corrected chi connectivity index (χ0v) is 20.7. The van der Waals surface area contributed by atoms with Crippen LogP contribution < -0.4 is 9.62 Å². The normalized spacial score (nSPS) is 13.5. The Morgan fingerprint density at radius 2 is 1.86 bits per heavy atom. The van der Waals surface area contributed by atoms with Crippen LogP contribution in [0.2, 0.25) is 0 Å². The molecule has 0 atom stereocenters. The minimum Gasteiger partial charge on any atom is -0.455 e. The quantitative estimate of drug-likeness (QED) is 0.324. The van der Waals surface area contributed by atoms with E-state index in [0.717, 1.165) is 30.2 Å². The summed E-state index contributed by atoms with van der Waals surface area (Å²) in [5, 5.41) is 3.23. The first-order valence-electron chi connectivity index (χ1n) is 11.5. The lowest BCUT2D eigenvalue weighted by atomic mass is 10.00. The molecule has 1 aliphatic carbocycles. The lowest BCUT2D eigenvalue weighted by molar-refractivity contribution is 0.0964. The van der Waals surface area contributed by atoms with E-state index in [1.165, 1.54) is 23.5 Å². The predicted octanol–water partition coefficient (Wildman–Crippen LogP) is 6.22. The Hall–Kier alpha value is -3.91. The third-order valence-corrected chi connectivity index (χ3v) is 7.38. The van der Waals surface area contributed by atoms with Gasteiger partial charge in [0.1, 0.15) is 17.2 Å². The molecule has 0 unspecified atom stereocenters. The third-order valence-electron chi connectivity index (χ3n) is 6.31. The average Bonchev–Trinajstić information content (AvgIpc) is 3.63. The number of hydrogen-bond acceptors (Lipinski definition) is 4. The van der Waals surface area contributed by atoms with Crippen LogP contribution in [-0.4, -0.2) is 27.6 Å². The number of hydrogen-bond donors (Lipinski definition) is 1.